The average molecular weight is 361 g/mol. The second kappa shape index (κ2) is 6.57. The molecule has 0 amide bonds. The highest BCUT2D eigenvalue weighted by molar-refractivity contribution is 7.21. The summed E-state index contributed by atoms with van der Waals surface area (Å²) in [4.78, 5) is 22.8. The van der Waals surface area contributed by atoms with Crippen molar-refractivity contribution in [3.8, 4) is 17.0 Å². The van der Waals surface area contributed by atoms with Crippen LogP contribution in [0.15, 0.2) is 60.9 Å². The normalized spacial score (nSPS) is 10.8. The Morgan fingerprint density at radius 2 is 1.77 bits per heavy atom. The van der Waals surface area contributed by atoms with Gasteiger partial charge in [-0.1, -0.05) is 0 Å². The van der Waals surface area contributed by atoms with Crippen molar-refractivity contribution in [1.82, 2.24) is 9.97 Å². The van der Waals surface area contributed by atoms with Crippen LogP contribution in [0.2, 0.25) is 0 Å². The Balaban J connectivity index is 1.76. The number of carbonyl (C=O) groups excluding carboxylic acids is 1. The monoisotopic (exact) mass is 361 g/mol. The van der Waals surface area contributed by atoms with Crippen LogP contribution in [0.5, 0.6) is 5.75 Å². The third-order valence-corrected chi connectivity index (χ3v) is 5.24. The van der Waals surface area contributed by atoms with Gasteiger partial charge in [-0.3, -0.25) is 9.78 Å². The molecular weight excluding hydrogens is 346 g/mol. The Hall–Kier alpha value is -3.25. The van der Waals surface area contributed by atoms with Crippen LogP contribution in [-0.2, 0) is 0 Å². The number of ether oxygens (including phenoxy) is 1. The number of hydrogen-bond donors (Lipinski definition) is 1. The van der Waals surface area contributed by atoms with Gasteiger partial charge in [-0.2, -0.15) is 0 Å². The summed E-state index contributed by atoms with van der Waals surface area (Å²) in [6, 6.07) is 14.6. The van der Waals surface area contributed by atoms with Crippen molar-refractivity contribution in [3.05, 3.63) is 71.4 Å². The fourth-order valence-electron chi connectivity index (χ4n) is 2.72. The topological polar surface area (TPSA) is 78.1 Å². The Morgan fingerprint density at radius 1 is 1.04 bits per heavy atom. The van der Waals surface area contributed by atoms with Crippen LogP contribution in [-0.4, -0.2) is 22.9 Å². The number of nitrogen functional groups attached to an aromatic ring is 1. The van der Waals surface area contributed by atoms with E-state index in [9.17, 15) is 4.79 Å². The lowest BCUT2D eigenvalue weighted by atomic mass is 10.1. The van der Waals surface area contributed by atoms with E-state index in [2.05, 4.69) is 9.97 Å². The third kappa shape index (κ3) is 2.80. The summed E-state index contributed by atoms with van der Waals surface area (Å²) >= 11 is 1.31. The molecular formula is C20H15N3O2S. The molecule has 6 heteroatoms. The molecule has 3 aromatic heterocycles. The van der Waals surface area contributed by atoms with Crippen LogP contribution in [0.4, 0.5) is 5.69 Å². The minimum absolute atomic E-state index is 0.112. The molecule has 0 aliphatic rings. The van der Waals surface area contributed by atoms with Crippen LogP contribution in [0, 0.1) is 0 Å². The van der Waals surface area contributed by atoms with Crippen molar-refractivity contribution >= 4 is 33.0 Å². The largest absolute Gasteiger partial charge is 0.497 e. The molecule has 1 aromatic carbocycles. The van der Waals surface area contributed by atoms with E-state index in [1.54, 1.807) is 43.8 Å². The van der Waals surface area contributed by atoms with Gasteiger partial charge in [0.1, 0.15) is 15.5 Å². The van der Waals surface area contributed by atoms with Gasteiger partial charge in [0.15, 0.2) is 0 Å². The average Bonchev–Trinajstić information content (AvgIpc) is 3.04. The summed E-state index contributed by atoms with van der Waals surface area (Å²) in [5.41, 5.74) is 9.07. The van der Waals surface area contributed by atoms with Crippen molar-refractivity contribution in [3.63, 3.8) is 0 Å². The minimum atomic E-state index is -0.112. The molecule has 0 unspecified atom stereocenters. The molecule has 2 N–H and O–H groups in total. The fourth-order valence-corrected chi connectivity index (χ4v) is 3.78. The van der Waals surface area contributed by atoms with E-state index in [0.29, 0.717) is 21.9 Å². The minimum Gasteiger partial charge on any atom is -0.497 e. The number of benzene rings is 1. The molecule has 5 nitrogen and oxygen atoms in total. The number of anilines is 1. The summed E-state index contributed by atoms with van der Waals surface area (Å²) in [5.74, 6) is 0.591. The molecule has 0 radical (unpaired) electrons. The molecule has 0 spiro atoms. The van der Waals surface area contributed by atoms with Crippen molar-refractivity contribution in [2.75, 3.05) is 12.8 Å². The molecule has 0 aliphatic carbocycles. The van der Waals surface area contributed by atoms with Crippen LogP contribution in [0.25, 0.3) is 21.5 Å². The van der Waals surface area contributed by atoms with Crippen LogP contribution >= 0.6 is 11.3 Å². The maximum atomic E-state index is 12.8. The van der Waals surface area contributed by atoms with E-state index >= 15 is 0 Å². The SMILES string of the molecule is COc1ccc(C(=O)c2sc3nc(-c4ccncc4)ccc3c2N)cc1. The highest BCUT2D eigenvalue weighted by atomic mass is 32.1. The number of carbonyl (C=O) groups is 1. The van der Waals surface area contributed by atoms with E-state index < -0.39 is 0 Å². The van der Waals surface area contributed by atoms with Crippen LogP contribution in [0.3, 0.4) is 0 Å². The van der Waals surface area contributed by atoms with Gasteiger partial charge in [0.2, 0.25) is 5.78 Å². The molecule has 4 rings (SSSR count). The van der Waals surface area contributed by atoms with Crippen LogP contribution < -0.4 is 10.5 Å². The first kappa shape index (κ1) is 16.2. The molecule has 0 atom stereocenters. The number of aromatic nitrogens is 2. The van der Waals surface area contributed by atoms with Gasteiger partial charge in [-0.25, -0.2) is 4.98 Å². The quantitative estimate of drug-likeness (QED) is 0.552. The number of nitrogens with zero attached hydrogens (tertiary/aromatic N) is 2. The zero-order valence-electron chi connectivity index (χ0n) is 14.0. The van der Waals surface area contributed by atoms with E-state index in [1.807, 2.05) is 24.3 Å². The van der Waals surface area contributed by atoms with Gasteiger partial charge in [0, 0.05) is 28.9 Å². The first-order valence-corrected chi connectivity index (χ1v) is 8.77. The molecule has 26 heavy (non-hydrogen) atoms. The maximum Gasteiger partial charge on any atom is 0.205 e. The summed E-state index contributed by atoms with van der Waals surface area (Å²) in [6.45, 7) is 0. The Morgan fingerprint density at radius 3 is 2.46 bits per heavy atom. The van der Waals surface area contributed by atoms with E-state index in [4.69, 9.17) is 10.5 Å². The van der Waals surface area contributed by atoms with Crippen molar-refractivity contribution in [2.45, 2.75) is 0 Å². The molecule has 0 bridgehead atoms. The zero-order valence-corrected chi connectivity index (χ0v) is 14.8. The first-order valence-electron chi connectivity index (χ1n) is 7.95. The van der Waals surface area contributed by atoms with Gasteiger partial charge in [-0.05, 0) is 48.5 Å². The van der Waals surface area contributed by atoms with E-state index in [-0.39, 0.29) is 5.78 Å². The number of rotatable bonds is 4. The Labute approximate surface area is 154 Å². The highest BCUT2D eigenvalue weighted by Crippen LogP contribution is 2.35. The van der Waals surface area contributed by atoms with Crippen molar-refractivity contribution < 1.29 is 9.53 Å². The number of nitrogens with two attached hydrogens (primary N) is 1. The van der Waals surface area contributed by atoms with Gasteiger partial charge in [0.25, 0.3) is 0 Å². The lowest BCUT2D eigenvalue weighted by Crippen LogP contribution is -2.01. The third-order valence-electron chi connectivity index (χ3n) is 4.13. The standard InChI is InChI=1S/C20H15N3O2S/c1-25-14-4-2-13(3-5-14)18(24)19-17(21)15-6-7-16(23-20(15)26-19)12-8-10-22-11-9-12/h2-11H,21H2,1H3. The summed E-state index contributed by atoms with van der Waals surface area (Å²) in [6.07, 6.45) is 3.45. The lowest BCUT2D eigenvalue weighted by Gasteiger charge is -2.02. The van der Waals surface area contributed by atoms with Crippen molar-refractivity contribution in [2.24, 2.45) is 0 Å². The second-order valence-corrected chi connectivity index (χ2v) is 6.69. The lowest BCUT2D eigenvalue weighted by molar-refractivity contribution is 0.104. The number of pyridine rings is 2. The zero-order chi connectivity index (χ0) is 18.1. The number of fused-ring (bicyclic) bond motifs is 1. The van der Waals surface area contributed by atoms with Gasteiger partial charge < -0.3 is 10.5 Å². The van der Waals surface area contributed by atoms with Gasteiger partial charge in [-0.15, -0.1) is 11.3 Å². The van der Waals surface area contributed by atoms with E-state index in [1.165, 1.54) is 11.3 Å². The number of thiophene rings is 1. The molecule has 0 aliphatic heterocycles. The number of methoxy groups -OCH3 is 1. The molecule has 3 heterocycles. The highest BCUT2D eigenvalue weighted by Gasteiger charge is 2.19. The van der Waals surface area contributed by atoms with Gasteiger partial charge >= 0.3 is 0 Å². The summed E-state index contributed by atoms with van der Waals surface area (Å²) in [7, 11) is 1.59. The Kier molecular flexibility index (Phi) is 4.10. The first-order chi connectivity index (χ1) is 12.7. The predicted molar refractivity (Wildman–Crippen MR) is 104 cm³/mol. The molecule has 4 aromatic rings. The molecule has 0 saturated heterocycles. The number of ketones is 1. The summed E-state index contributed by atoms with van der Waals surface area (Å²) in [5, 5.41) is 0.796. The van der Waals surface area contributed by atoms with E-state index in [0.717, 1.165) is 21.5 Å². The second-order valence-electron chi connectivity index (χ2n) is 5.69. The van der Waals surface area contributed by atoms with Gasteiger partial charge in [0.05, 0.1) is 18.5 Å². The number of hydrogen-bond acceptors (Lipinski definition) is 6. The predicted octanol–water partition coefficient (Wildman–Crippen LogP) is 4.18. The Bertz CT molecular complexity index is 1090. The van der Waals surface area contributed by atoms with Crippen molar-refractivity contribution in [1.29, 1.82) is 0 Å². The summed E-state index contributed by atoms with van der Waals surface area (Å²) < 4.78 is 5.13. The molecule has 0 saturated carbocycles. The molecule has 128 valence electrons. The van der Waals surface area contributed by atoms with Crippen LogP contribution in [0.1, 0.15) is 15.2 Å². The smallest absolute Gasteiger partial charge is 0.205 e. The molecule has 0 fully saturated rings. The maximum absolute atomic E-state index is 12.8. The fraction of sp³-hybridized carbons (Fsp3) is 0.0500.